The molecule has 0 saturated carbocycles. The lowest BCUT2D eigenvalue weighted by atomic mass is 9.81. The van der Waals surface area contributed by atoms with Gasteiger partial charge in [-0.15, -0.1) is 0 Å². The second-order valence-electron chi connectivity index (χ2n) is 10.9. The first-order valence-electron chi connectivity index (χ1n) is 14.2. The van der Waals surface area contributed by atoms with Crippen molar-refractivity contribution in [3.05, 3.63) is 142 Å². The van der Waals surface area contributed by atoms with Crippen LogP contribution in [-0.4, -0.2) is 39.7 Å². The predicted molar refractivity (Wildman–Crippen MR) is 167 cm³/mol. The Morgan fingerprint density at radius 1 is 0.909 bits per heavy atom. The molecule has 4 aromatic rings. The summed E-state index contributed by atoms with van der Waals surface area (Å²) in [4.78, 5) is 54.1. The average Bonchev–Trinajstić information content (AvgIpc) is 3.30. The van der Waals surface area contributed by atoms with E-state index in [1.54, 1.807) is 54.3 Å². The maximum Gasteiger partial charge on any atom is 0.326 e. The number of benzene rings is 4. The number of hydrogen-bond acceptors (Lipinski definition) is 4. The largest absolute Gasteiger partial charge is 0.480 e. The maximum atomic E-state index is 14.0. The highest BCUT2D eigenvalue weighted by Gasteiger charge is 2.56. The zero-order chi connectivity index (χ0) is 31.4. The minimum Gasteiger partial charge on any atom is -0.480 e. The molecule has 1 aliphatic rings. The molecule has 9 heteroatoms. The summed E-state index contributed by atoms with van der Waals surface area (Å²) < 4.78 is 0. The van der Waals surface area contributed by atoms with Gasteiger partial charge in [0.25, 0.3) is 11.8 Å². The SMILES string of the molecule is CC(=O)N1[C@H](c2ccccc2)NC(=O)[C@@]1(Cc1ccccc1)c1ccc(C[C@H](NC(=O)c2c(C)cccc2Cl)C(=O)O)cc1. The van der Waals surface area contributed by atoms with Crippen molar-refractivity contribution in [3.63, 3.8) is 0 Å². The summed E-state index contributed by atoms with van der Waals surface area (Å²) in [5, 5.41) is 15.8. The van der Waals surface area contributed by atoms with E-state index in [0.29, 0.717) is 16.7 Å². The molecule has 1 aliphatic heterocycles. The Morgan fingerprint density at radius 2 is 1.55 bits per heavy atom. The number of hydrogen-bond donors (Lipinski definition) is 3. The van der Waals surface area contributed by atoms with Crippen LogP contribution in [-0.2, 0) is 32.8 Å². The van der Waals surface area contributed by atoms with Crippen LogP contribution in [0.3, 0.4) is 0 Å². The van der Waals surface area contributed by atoms with E-state index in [1.807, 2.05) is 60.7 Å². The smallest absolute Gasteiger partial charge is 0.326 e. The molecule has 4 aromatic carbocycles. The number of carbonyl (C=O) groups excluding carboxylic acids is 3. The van der Waals surface area contributed by atoms with Gasteiger partial charge in [-0.25, -0.2) is 4.79 Å². The zero-order valence-electron chi connectivity index (χ0n) is 24.3. The number of nitrogens with one attached hydrogen (secondary N) is 2. The van der Waals surface area contributed by atoms with Crippen LogP contribution in [0, 0.1) is 6.92 Å². The lowest BCUT2D eigenvalue weighted by molar-refractivity contribution is -0.141. The Kier molecular flexibility index (Phi) is 8.83. The van der Waals surface area contributed by atoms with Crippen molar-refractivity contribution in [2.45, 2.75) is 44.4 Å². The van der Waals surface area contributed by atoms with Crippen LogP contribution >= 0.6 is 11.6 Å². The number of halogens is 1. The lowest BCUT2D eigenvalue weighted by Gasteiger charge is -2.38. The Hall–Kier alpha value is -4.95. The van der Waals surface area contributed by atoms with Crippen molar-refractivity contribution in [1.29, 1.82) is 0 Å². The number of carboxylic acid groups (broad SMARTS) is 1. The third-order valence-electron chi connectivity index (χ3n) is 7.99. The van der Waals surface area contributed by atoms with E-state index >= 15 is 0 Å². The third kappa shape index (κ3) is 5.94. The summed E-state index contributed by atoms with van der Waals surface area (Å²) in [7, 11) is 0. The monoisotopic (exact) mass is 609 g/mol. The molecule has 3 amide bonds. The molecule has 0 bridgehead atoms. The van der Waals surface area contributed by atoms with E-state index in [0.717, 1.165) is 11.1 Å². The van der Waals surface area contributed by atoms with Crippen molar-refractivity contribution in [2.24, 2.45) is 0 Å². The fourth-order valence-electron chi connectivity index (χ4n) is 5.89. The first-order chi connectivity index (χ1) is 21.1. The van der Waals surface area contributed by atoms with Crippen LogP contribution in [0.15, 0.2) is 103 Å². The first-order valence-corrected chi connectivity index (χ1v) is 14.6. The molecule has 224 valence electrons. The lowest BCUT2D eigenvalue weighted by Crippen LogP contribution is -2.50. The summed E-state index contributed by atoms with van der Waals surface area (Å²) in [6.45, 7) is 3.18. The predicted octanol–water partition coefficient (Wildman–Crippen LogP) is 5.19. The Bertz CT molecular complexity index is 1670. The number of carboxylic acids is 1. The summed E-state index contributed by atoms with van der Waals surface area (Å²) >= 11 is 6.22. The molecule has 0 spiro atoms. The van der Waals surface area contributed by atoms with E-state index < -0.39 is 29.6 Å². The molecule has 0 aliphatic carbocycles. The van der Waals surface area contributed by atoms with Gasteiger partial charge in [-0.1, -0.05) is 109 Å². The summed E-state index contributed by atoms with van der Waals surface area (Å²) in [6.07, 6.45) is -0.455. The molecule has 1 heterocycles. The summed E-state index contributed by atoms with van der Waals surface area (Å²) in [5.74, 6) is -2.37. The van der Waals surface area contributed by atoms with Gasteiger partial charge in [0.1, 0.15) is 12.2 Å². The number of rotatable bonds is 9. The highest BCUT2D eigenvalue weighted by molar-refractivity contribution is 6.34. The molecular weight excluding hydrogens is 578 g/mol. The normalized spacial score (nSPS) is 18.4. The highest BCUT2D eigenvalue weighted by atomic mass is 35.5. The molecule has 1 fully saturated rings. The molecule has 0 radical (unpaired) electrons. The van der Waals surface area contributed by atoms with E-state index in [-0.39, 0.29) is 35.2 Å². The van der Waals surface area contributed by atoms with Gasteiger partial charge in [-0.3, -0.25) is 19.3 Å². The standard InChI is InChI=1S/C35H32ClN3O5/c1-22-10-9-15-28(36)30(22)32(41)37-29(33(42)43)20-24-16-18-27(19-17-24)35(21-25-11-5-3-6-12-25)34(44)38-31(39(35)23(2)40)26-13-7-4-8-14-26/h3-19,29,31H,20-21H2,1-2H3,(H,37,41)(H,38,44)(H,42,43)/t29-,31+,35+/m0/s1. The molecule has 8 nitrogen and oxygen atoms in total. The van der Waals surface area contributed by atoms with Gasteiger partial charge in [0.05, 0.1) is 10.6 Å². The van der Waals surface area contributed by atoms with Gasteiger partial charge >= 0.3 is 5.97 Å². The van der Waals surface area contributed by atoms with Gasteiger partial charge in [-0.05, 0) is 40.8 Å². The first kappa shape index (κ1) is 30.5. The molecule has 1 saturated heterocycles. The Labute approximate surface area is 260 Å². The minimum atomic E-state index is -1.37. The minimum absolute atomic E-state index is 0.00814. The van der Waals surface area contributed by atoms with Crippen LogP contribution in [0.2, 0.25) is 5.02 Å². The molecular formula is C35H32ClN3O5. The number of carbonyl (C=O) groups is 4. The molecule has 0 unspecified atom stereocenters. The Morgan fingerprint density at radius 3 is 2.14 bits per heavy atom. The van der Waals surface area contributed by atoms with Crippen molar-refractivity contribution in [2.75, 3.05) is 0 Å². The van der Waals surface area contributed by atoms with Crippen LogP contribution < -0.4 is 10.6 Å². The van der Waals surface area contributed by atoms with E-state index in [2.05, 4.69) is 10.6 Å². The zero-order valence-corrected chi connectivity index (χ0v) is 25.0. The van der Waals surface area contributed by atoms with Crippen molar-refractivity contribution in [3.8, 4) is 0 Å². The van der Waals surface area contributed by atoms with Gasteiger partial charge in [0, 0.05) is 19.8 Å². The quantitative estimate of drug-likeness (QED) is 0.242. The van der Waals surface area contributed by atoms with Gasteiger partial charge in [0.2, 0.25) is 5.91 Å². The van der Waals surface area contributed by atoms with Crippen molar-refractivity contribution < 1.29 is 24.3 Å². The maximum absolute atomic E-state index is 14.0. The summed E-state index contributed by atoms with van der Waals surface area (Å²) in [6, 6.07) is 29.6. The van der Waals surface area contributed by atoms with Crippen LogP contribution in [0.5, 0.6) is 0 Å². The fourth-order valence-corrected chi connectivity index (χ4v) is 6.20. The number of aliphatic carboxylic acids is 1. The van der Waals surface area contributed by atoms with Gasteiger partial charge in [-0.2, -0.15) is 0 Å². The average molecular weight is 610 g/mol. The van der Waals surface area contributed by atoms with E-state index in [9.17, 15) is 24.3 Å². The van der Waals surface area contributed by atoms with Gasteiger partial charge in [0.15, 0.2) is 5.54 Å². The van der Waals surface area contributed by atoms with E-state index in [1.165, 1.54) is 6.92 Å². The highest BCUT2D eigenvalue weighted by Crippen LogP contribution is 2.43. The number of nitrogens with zero attached hydrogens (tertiary/aromatic N) is 1. The molecule has 44 heavy (non-hydrogen) atoms. The number of aryl methyl sites for hydroxylation is 1. The van der Waals surface area contributed by atoms with Crippen LogP contribution in [0.25, 0.3) is 0 Å². The molecule has 3 N–H and O–H groups in total. The second-order valence-corrected chi connectivity index (χ2v) is 11.3. The topological polar surface area (TPSA) is 116 Å². The van der Waals surface area contributed by atoms with Crippen molar-refractivity contribution >= 4 is 35.3 Å². The fraction of sp³-hybridized carbons (Fsp3) is 0.200. The van der Waals surface area contributed by atoms with Gasteiger partial charge < -0.3 is 15.7 Å². The second kappa shape index (κ2) is 12.7. The molecule has 3 atom stereocenters. The summed E-state index contributed by atoms with van der Waals surface area (Å²) in [5.41, 5.74) is 2.34. The van der Waals surface area contributed by atoms with Crippen LogP contribution in [0.1, 0.15) is 51.3 Å². The number of amides is 3. The molecule has 5 rings (SSSR count). The van der Waals surface area contributed by atoms with Crippen molar-refractivity contribution in [1.82, 2.24) is 15.5 Å². The molecule has 0 aromatic heterocycles. The third-order valence-corrected chi connectivity index (χ3v) is 8.31. The van der Waals surface area contributed by atoms with Crippen LogP contribution in [0.4, 0.5) is 0 Å². The van der Waals surface area contributed by atoms with E-state index in [4.69, 9.17) is 11.6 Å². The Balaban J connectivity index is 1.49.